The summed E-state index contributed by atoms with van der Waals surface area (Å²) in [4.78, 5) is 13.2. The highest BCUT2D eigenvalue weighted by molar-refractivity contribution is 5.72. The first-order valence-corrected chi connectivity index (χ1v) is 6.14. The molecule has 3 atom stereocenters. The fourth-order valence-corrected chi connectivity index (χ4v) is 2.29. The zero-order valence-electron chi connectivity index (χ0n) is 10.5. The molecule has 0 spiro atoms. The average Bonchev–Trinajstić information content (AvgIpc) is 2.23. The predicted octanol–water partition coefficient (Wildman–Crippen LogP) is 1.60. The van der Waals surface area contributed by atoms with Crippen LogP contribution in [-0.2, 0) is 9.53 Å². The normalized spacial score (nSPS) is 28.9. The maximum atomic E-state index is 11.0. The second kappa shape index (κ2) is 6.21. The van der Waals surface area contributed by atoms with Crippen molar-refractivity contribution in [2.75, 3.05) is 19.7 Å². The van der Waals surface area contributed by atoms with Gasteiger partial charge in [-0.2, -0.15) is 0 Å². The number of hydrogen-bond donors (Lipinski definition) is 1. The van der Waals surface area contributed by atoms with Gasteiger partial charge in [-0.3, -0.25) is 4.90 Å². The maximum Gasteiger partial charge on any atom is 0.334 e. The lowest BCUT2D eigenvalue weighted by molar-refractivity contribution is -0.152. The van der Waals surface area contributed by atoms with Gasteiger partial charge in [0, 0.05) is 19.2 Å². The lowest BCUT2D eigenvalue weighted by atomic mass is 9.92. The van der Waals surface area contributed by atoms with E-state index in [0.29, 0.717) is 25.1 Å². The number of carboxylic acids is 1. The van der Waals surface area contributed by atoms with E-state index in [-0.39, 0.29) is 0 Å². The number of hydrogen-bond acceptors (Lipinski definition) is 3. The van der Waals surface area contributed by atoms with Gasteiger partial charge in [0.2, 0.25) is 0 Å². The highest BCUT2D eigenvalue weighted by Gasteiger charge is 2.29. The van der Waals surface area contributed by atoms with Crippen molar-refractivity contribution >= 4 is 5.97 Å². The second-order valence-electron chi connectivity index (χ2n) is 4.64. The van der Waals surface area contributed by atoms with E-state index >= 15 is 0 Å². The van der Waals surface area contributed by atoms with Crippen LogP contribution in [-0.4, -0.2) is 47.8 Å². The van der Waals surface area contributed by atoms with E-state index in [9.17, 15) is 4.79 Å². The summed E-state index contributed by atoms with van der Waals surface area (Å²) in [7, 11) is 0. The second-order valence-corrected chi connectivity index (χ2v) is 4.64. The number of likely N-dealkylation sites (tertiary alicyclic amines) is 1. The van der Waals surface area contributed by atoms with E-state index in [4.69, 9.17) is 9.84 Å². The van der Waals surface area contributed by atoms with Crippen molar-refractivity contribution in [3.63, 3.8) is 0 Å². The van der Waals surface area contributed by atoms with Crippen LogP contribution in [0.15, 0.2) is 0 Å². The van der Waals surface area contributed by atoms with Crippen LogP contribution in [0.4, 0.5) is 0 Å². The molecule has 1 saturated heterocycles. The molecule has 0 saturated carbocycles. The summed E-state index contributed by atoms with van der Waals surface area (Å²) < 4.78 is 5.25. The number of ether oxygens (including phenoxy) is 1. The molecule has 1 heterocycles. The standard InChI is InChI=1S/C12H23NO3/c1-4-16-11(12(14)15)8-13-7-5-6-9(2)10(13)3/h9-11H,4-8H2,1-3H3,(H,14,15). The van der Waals surface area contributed by atoms with Gasteiger partial charge in [0.1, 0.15) is 0 Å². The number of piperidine rings is 1. The monoisotopic (exact) mass is 229 g/mol. The molecule has 1 N–H and O–H groups in total. The van der Waals surface area contributed by atoms with Gasteiger partial charge >= 0.3 is 5.97 Å². The van der Waals surface area contributed by atoms with Crippen molar-refractivity contribution in [3.05, 3.63) is 0 Å². The Balaban J connectivity index is 2.52. The first-order valence-electron chi connectivity index (χ1n) is 6.14. The molecule has 0 aromatic rings. The van der Waals surface area contributed by atoms with Crippen LogP contribution in [0.5, 0.6) is 0 Å². The van der Waals surface area contributed by atoms with Crippen molar-refractivity contribution in [1.29, 1.82) is 0 Å². The van der Waals surface area contributed by atoms with E-state index in [2.05, 4.69) is 18.7 Å². The maximum absolute atomic E-state index is 11.0. The van der Waals surface area contributed by atoms with Crippen molar-refractivity contribution in [2.45, 2.75) is 45.8 Å². The van der Waals surface area contributed by atoms with E-state index in [1.807, 2.05) is 6.92 Å². The van der Waals surface area contributed by atoms with Crippen molar-refractivity contribution in [1.82, 2.24) is 4.90 Å². The Morgan fingerprint density at radius 1 is 1.56 bits per heavy atom. The molecule has 16 heavy (non-hydrogen) atoms. The van der Waals surface area contributed by atoms with Crippen molar-refractivity contribution < 1.29 is 14.6 Å². The average molecular weight is 229 g/mol. The lowest BCUT2D eigenvalue weighted by Crippen LogP contribution is -2.48. The quantitative estimate of drug-likeness (QED) is 0.778. The Morgan fingerprint density at radius 3 is 2.81 bits per heavy atom. The fraction of sp³-hybridized carbons (Fsp3) is 0.917. The summed E-state index contributed by atoms with van der Waals surface area (Å²) in [5.41, 5.74) is 0. The van der Waals surface area contributed by atoms with E-state index in [0.717, 1.165) is 13.0 Å². The largest absolute Gasteiger partial charge is 0.479 e. The van der Waals surface area contributed by atoms with E-state index in [1.165, 1.54) is 6.42 Å². The molecule has 3 unspecified atom stereocenters. The van der Waals surface area contributed by atoms with Gasteiger partial charge < -0.3 is 9.84 Å². The molecule has 1 aliphatic rings. The highest BCUT2D eigenvalue weighted by Crippen LogP contribution is 2.23. The molecule has 0 aromatic heterocycles. The van der Waals surface area contributed by atoms with E-state index < -0.39 is 12.1 Å². The zero-order valence-corrected chi connectivity index (χ0v) is 10.5. The minimum Gasteiger partial charge on any atom is -0.479 e. The van der Waals surface area contributed by atoms with Crippen LogP contribution in [0.3, 0.4) is 0 Å². The Hall–Kier alpha value is -0.610. The molecule has 0 aromatic carbocycles. The third-order valence-corrected chi connectivity index (χ3v) is 3.55. The number of carbonyl (C=O) groups is 1. The Kier molecular flexibility index (Phi) is 5.22. The minimum absolute atomic E-state index is 0.453. The highest BCUT2D eigenvalue weighted by atomic mass is 16.5. The summed E-state index contributed by atoms with van der Waals surface area (Å²) in [6, 6.07) is 0.455. The molecule has 0 bridgehead atoms. The van der Waals surface area contributed by atoms with Crippen LogP contribution < -0.4 is 0 Å². The number of nitrogens with zero attached hydrogens (tertiary/aromatic N) is 1. The molecule has 94 valence electrons. The van der Waals surface area contributed by atoms with Gasteiger partial charge in [-0.05, 0) is 39.2 Å². The summed E-state index contributed by atoms with van der Waals surface area (Å²) in [5, 5.41) is 9.04. The van der Waals surface area contributed by atoms with Gasteiger partial charge in [-0.25, -0.2) is 4.79 Å². The summed E-state index contributed by atoms with van der Waals surface area (Å²) in [6.45, 7) is 8.19. The Morgan fingerprint density at radius 2 is 2.25 bits per heavy atom. The van der Waals surface area contributed by atoms with Gasteiger partial charge in [0.05, 0.1) is 0 Å². The Labute approximate surface area is 97.6 Å². The SMILES string of the molecule is CCOC(CN1CCCC(C)C1C)C(=O)O. The smallest absolute Gasteiger partial charge is 0.334 e. The fourth-order valence-electron chi connectivity index (χ4n) is 2.29. The van der Waals surface area contributed by atoms with Crippen LogP contribution in [0.25, 0.3) is 0 Å². The summed E-state index contributed by atoms with van der Waals surface area (Å²) in [5.74, 6) is -0.211. The number of aliphatic carboxylic acids is 1. The third-order valence-electron chi connectivity index (χ3n) is 3.55. The minimum atomic E-state index is -0.854. The van der Waals surface area contributed by atoms with Crippen molar-refractivity contribution in [2.24, 2.45) is 5.92 Å². The molecular formula is C12H23NO3. The lowest BCUT2D eigenvalue weighted by Gasteiger charge is -2.38. The predicted molar refractivity (Wildman–Crippen MR) is 62.5 cm³/mol. The first kappa shape index (κ1) is 13.5. The zero-order chi connectivity index (χ0) is 12.1. The molecule has 1 fully saturated rings. The Bertz CT molecular complexity index is 232. The molecule has 1 aliphatic heterocycles. The van der Waals surface area contributed by atoms with Gasteiger partial charge in [0.25, 0.3) is 0 Å². The van der Waals surface area contributed by atoms with Gasteiger partial charge in [-0.1, -0.05) is 6.92 Å². The van der Waals surface area contributed by atoms with Crippen LogP contribution in [0.2, 0.25) is 0 Å². The number of carboxylic acid groups (broad SMARTS) is 1. The molecule has 0 aliphatic carbocycles. The van der Waals surface area contributed by atoms with Crippen LogP contribution in [0.1, 0.15) is 33.6 Å². The summed E-state index contributed by atoms with van der Waals surface area (Å²) >= 11 is 0. The molecular weight excluding hydrogens is 206 g/mol. The molecule has 4 nitrogen and oxygen atoms in total. The van der Waals surface area contributed by atoms with Gasteiger partial charge in [-0.15, -0.1) is 0 Å². The molecule has 4 heteroatoms. The summed E-state index contributed by atoms with van der Waals surface area (Å²) in [6.07, 6.45) is 1.71. The van der Waals surface area contributed by atoms with Crippen molar-refractivity contribution in [3.8, 4) is 0 Å². The third kappa shape index (κ3) is 3.46. The van der Waals surface area contributed by atoms with E-state index in [1.54, 1.807) is 0 Å². The molecule has 0 amide bonds. The topological polar surface area (TPSA) is 49.8 Å². The first-order chi connectivity index (χ1) is 7.56. The molecule has 1 rings (SSSR count). The molecule has 0 radical (unpaired) electrons. The van der Waals surface area contributed by atoms with Crippen LogP contribution >= 0.6 is 0 Å². The number of rotatable bonds is 5. The van der Waals surface area contributed by atoms with Gasteiger partial charge in [0.15, 0.2) is 6.10 Å². The van der Waals surface area contributed by atoms with Crippen LogP contribution in [0, 0.1) is 5.92 Å².